The number of aliphatic hydroxyl groups is 1. The Labute approximate surface area is 338 Å². The van der Waals surface area contributed by atoms with Crippen molar-refractivity contribution in [1.29, 1.82) is 0 Å². The van der Waals surface area contributed by atoms with Gasteiger partial charge in [0.15, 0.2) is 6.23 Å². The van der Waals surface area contributed by atoms with Gasteiger partial charge < -0.3 is 45.1 Å². The number of hydrogen-bond acceptors (Lipinski definition) is 9. The highest BCUT2D eigenvalue weighted by molar-refractivity contribution is 5.92. The standard InChI is InChI=1S/C44H55N9O5/c1-23(2)37(45)41(54)51-16-6-8-33(51)30-21-47-40(49-30)27-12-14-29-35-19-28-18-26(13-15-32(28)53(35)43(25-10-11-25)58-36(29)20-27)39-46-22-31(48-39)34-9-7-17-52(34)42(55)38(24(3)4)50-44(56)57-5/h12-15,18-25,33-34,37-38,41,43,54H,6-11,16-17,45H2,1-5H3,(H,46,48)(H,47,49)(H,50,56). The fourth-order valence-electron chi connectivity index (χ4n) is 9.25. The van der Waals surface area contributed by atoms with Gasteiger partial charge in [0.2, 0.25) is 5.91 Å². The smallest absolute Gasteiger partial charge is 0.407 e. The summed E-state index contributed by atoms with van der Waals surface area (Å²) < 4.78 is 14.0. The third-order valence-corrected chi connectivity index (χ3v) is 12.8. The van der Waals surface area contributed by atoms with Crippen LogP contribution < -0.4 is 15.8 Å². The van der Waals surface area contributed by atoms with Crippen molar-refractivity contribution >= 4 is 22.9 Å². The number of H-pyrrole nitrogens is 2. The zero-order valence-electron chi connectivity index (χ0n) is 33.9. The molecular weight excluding hydrogens is 735 g/mol. The quantitative estimate of drug-likeness (QED) is 0.0955. The first-order valence-corrected chi connectivity index (χ1v) is 20.9. The first-order chi connectivity index (χ1) is 28.0. The fourth-order valence-corrected chi connectivity index (χ4v) is 9.25. The van der Waals surface area contributed by atoms with E-state index in [-0.39, 0.29) is 42.1 Å². The van der Waals surface area contributed by atoms with Gasteiger partial charge in [0.1, 0.15) is 29.7 Å². The molecule has 1 aliphatic carbocycles. The van der Waals surface area contributed by atoms with Crippen LogP contribution in [0.3, 0.4) is 0 Å². The predicted octanol–water partition coefficient (Wildman–Crippen LogP) is 6.87. The molecule has 2 amide bonds. The number of rotatable bonds is 11. The van der Waals surface area contributed by atoms with Crippen LogP contribution in [0.1, 0.15) is 95.9 Å². The number of carbonyl (C=O) groups excluding carboxylic acids is 2. The number of alkyl carbamates (subject to hydrolysis) is 1. The molecule has 3 aromatic heterocycles. The molecule has 1 saturated carbocycles. The van der Waals surface area contributed by atoms with E-state index in [0.29, 0.717) is 12.5 Å². The van der Waals surface area contributed by atoms with Gasteiger partial charge in [0.25, 0.3) is 0 Å². The second-order valence-corrected chi connectivity index (χ2v) is 17.3. The molecule has 306 valence electrons. The number of aromatic nitrogens is 5. The Morgan fingerprint density at radius 3 is 2.26 bits per heavy atom. The van der Waals surface area contributed by atoms with Crippen LogP contribution in [0.15, 0.2) is 54.9 Å². The molecule has 5 aromatic rings. The van der Waals surface area contributed by atoms with Gasteiger partial charge in [-0.25, -0.2) is 14.8 Å². The summed E-state index contributed by atoms with van der Waals surface area (Å²) in [5.41, 5.74) is 13.4. The molecule has 4 aliphatic rings. The van der Waals surface area contributed by atoms with Crippen molar-refractivity contribution in [3.63, 3.8) is 0 Å². The molecule has 2 aromatic carbocycles. The van der Waals surface area contributed by atoms with E-state index < -0.39 is 18.4 Å². The number of likely N-dealkylation sites (tertiary alicyclic amines) is 2. The molecule has 9 rings (SSSR count). The summed E-state index contributed by atoms with van der Waals surface area (Å²) in [6.07, 6.45) is 8.13. The molecular formula is C44H55N9O5. The number of amides is 2. The molecule has 58 heavy (non-hydrogen) atoms. The Morgan fingerprint density at radius 2 is 1.57 bits per heavy atom. The van der Waals surface area contributed by atoms with Crippen LogP contribution >= 0.6 is 0 Å². The van der Waals surface area contributed by atoms with Gasteiger partial charge >= 0.3 is 6.09 Å². The zero-order chi connectivity index (χ0) is 40.4. The Kier molecular flexibility index (Phi) is 10.1. The Morgan fingerprint density at radius 1 is 0.897 bits per heavy atom. The maximum Gasteiger partial charge on any atom is 0.407 e. The monoisotopic (exact) mass is 789 g/mol. The third kappa shape index (κ3) is 6.84. The van der Waals surface area contributed by atoms with Crippen LogP contribution in [-0.4, -0.2) is 89.9 Å². The molecule has 6 unspecified atom stereocenters. The van der Waals surface area contributed by atoms with Gasteiger partial charge in [-0.1, -0.05) is 33.8 Å². The maximum absolute atomic E-state index is 13.7. The van der Waals surface area contributed by atoms with E-state index >= 15 is 0 Å². The van der Waals surface area contributed by atoms with Crippen molar-refractivity contribution in [1.82, 2.24) is 39.6 Å². The number of carbonyl (C=O) groups is 2. The Bertz CT molecular complexity index is 2320. The number of nitrogens with zero attached hydrogens (tertiary/aromatic N) is 5. The zero-order valence-corrected chi connectivity index (χ0v) is 33.9. The van der Waals surface area contributed by atoms with Crippen LogP contribution in [-0.2, 0) is 9.53 Å². The number of hydrogen-bond donors (Lipinski definition) is 5. The number of nitrogens with one attached hydrogen (secondary N) is 3. The van der Waals surface area contributed by atoms with Crippen LogP contribution in [0.25, 0.3) is 44.9 Å². The van der Waals surface area contributed by atoms with Crippen LogP contribution in [0, 0.1) is 17.8 Å². The van der Waals surface area contributed by atoms with Crippen molar-refractivity contribution in [2.75, 3.05) is 20.2 Å². The summed E-state index contributed by atoms with van der Waals surface area (Å²) >= 11 is 0. The second-order valence-electron chi connectivity index (χ2n) is 17.3. The molecule has 6 N–H and O–H groups in total. The number of ether oxygens (including phenoxy) is 2. The van der Waals surface area contributed by atoms with E-state index in [4.69, 9.17) is 25.2 Å². The lowest BCUT2D eigenvalue weighted by Gasteiger charge is -2.34. The first-order valence-electron chi connectivity index (χ1n) is 20.9. The number of imidazole rings is 2. The largest absolute Gasteiger partial charge is 0.469 e. The molecule has 3 aliphatic heterocycles. The summed E-state index contributed by atoms with van der Waals surface area (Å²) in [7, 11) is 1.30. The van der Waals surface area contributed by atoms with Crippen LogP contribution in [0.2, 0.25) is 0 Å². The lowest BCUT2D eigenvalue weighted by atomic mass is 10.0. The molecule has 6 atom stereocenters. The lowest BCUT2D eigenvalue weighted by Crippen LogP contribution is -2.51. The van der Waals surface area contributed by atoms with Crippen molar-refractivity contribution < 1.29 is 24.2 Å². The van der Waals surface area contributed by atoms with E-state index in [2.05, 4.69) is 67.2 Å². The van der Waals surface area contributed by atoms with Crippen molar-refractivity contribution in [3.05, 3.63) is 66.2 Å². The highest BCUT2D eigenvalue weighted by Gasteiger charge is 2.41. The molecule has 0 radical (unpaired) electrons. The maximum atomic E-state index is 13.7. The van der Waals surface area contributed by atoms with Crippen LogP contribution in [0.5, 0.6) is 5.75 Å². The Balaban J connectivity index is 0.977. The number of nitrogens with two attached hydrogens (primary N) is 1. The van der Waals surface area contributed by atoms with E-state index in [1.54, 1.807) is 0 Å². The van der Waals surface area contributed by atoms with Crippen molar-refractivity contribution in [2.24, 2.45) is 23.5 Å². The minimum atomic E-state index is -0.711. The van der Waals surface area contributed by atoms with E-state index in [1.165, 1.54) is 7.11 Å². The molecule has 0 bridgehead atoms. The number of methoxy groups -OCH3 is 1. The SMILES string of the molecule is COC(=O)NC(C(=O)N1CCCC1c1cnc(-c2ccc3c(c2)cc2n3C(C3CC3)Oc3cc(-c4ncc(C5CCCN5C(O)C(N)C(C)C)[nH]4)ccc3-2)[nH]1)C(C)C. The second kappa shape index (κ2) is 15.2. The summed E-state index contributed by atoms with van der Waals surface area (Å²) in [6, 6.07) is 13.9. The molecule has 14 heteroatoms. The molecule has 14 nitrogen and oxygen atoms in total. The van der Waals surface area contributed by atoms with Gasteiger partial charge in [-0.05, 0) is 86.8 Å². The van der Waals surface area contributed by atoms with Gasteiger partial charge in [-0.3, -0.25) is 9.69 Å². The minimum absolute atomic E-state index is 0.0310. The summed E-state index contributed by atoms with van der Waals surface area (Å²) in [5, 5.41) is 14.9. The normalized spacial score (nSPS) is 22.2. The number of benzene rings is 2. The predicted molar refractivity (Wildman–Crippen MR) is 220 cm³/mol. The fraction of sp³-hybridized carbons (Fsp3) is 0.500. The Hall–Kier alpha value is -5.18. The van der Waals surface area contributed by atoms with Gasteiger partial charge in [0.05, 0.1) is 54.2 Å². The summed E-state index contributed by atoms with van der Waals surface area (Å²) in [5.74, 6) is 2.74. The number of aromatic amines is 2. The van der Waals surface area contributed by atoms with E-state index in [9.17, 15) is 14.7 Å². The van der Waals surface area contributed by atoms with Gasteiger partial charge in [-0.15, -0.1) is 0 Å². The number of aliphatic hydroxyl groups excluding tert-OH is 1. The molecule has 0 spiro atoms. The van der Waals surface area contributed by atoms with E-state index in [1.807, 2.05) is 45.0 Å². The summed E-state index contributed by atoms with van der Waals surface area (Å²) in [4.78, 5) is 46.4. The first kappa shape index (κ1) is 38.3. The average molecular weight is 790 g/mol. The summed E-state index contributed by atoms with van der Waals surface area (Å²) in [6.45, 7) is 9.33. The third-order valence-electron chi connectivity index (χ3n) is 12.8. The topological polar surface area (TPSA) is 180 Å². The van der Waals surface area contributed by atoms with E-state index in [0.717, 1.165) is 107 Å². The molecule has 2 saturated heterocycles. The number of fused-ring (bicyclic) bond motifs is 5. The van der Waals surface area contributed by atoms with Crippen LogP contribution in [0.4, 0.5) is 4.79 Å². The van der Waals surface area contributed by atoms with Crippen molar-refractivity contribution in [2.45, 2.75) is 103 Å². The average Bonchev–Trinajstić information content (AvgIpc) is 3.80. The highest BCUT2D eigenvalue weighted by atomic mass is 16.5. The lowest BCUT2D eigenvalue weighted by molar-refractivity contribution is -0.135. The van der Waals surface area contributed by atoms with Gasteiger partial charge in [0, 0.05) is 47.1 Å². The van der Waals surface area contributed by atoms with Crippen molar-refractivity contribution in [3.8, 4) is 39.8 Å². The van der Waals surface area contributed by atoms with Gasteiger partial charge in [-0.2, -0.15) is 0 Å². The molecule has 6 heterocycles. The highest BCUT2D eigenvalue weighted by Crippen LogP contribution is 2.51. The molecule has 3 fully saturated rings. The minimum Gasteiger partial charge on any atom is -0.469 e.